The van der Waals surface area contributed by atoms with Crippen molar-refractivity contribution in [2.75, 3.05) is 13.2 Å². The van der Waals surface area contributed by atoms with Crippen LogP contribution in [0.5, 0.6) is 5.75 Å². The molecule has 0 radical (unpaired) electrons. The van der Waals surface area contributed by atoms with E-state index in [1.165, 1.54) is 0 Å². The van der Waals surface area contributed by atoms with Gasteiger partial charge in [0.15, 0.2) is 6.10 Å². The SMILES string of the molecule is CCCCNC(=O)C(C)Oc1ccccc1CCO. The third kappa shape index (κ3) is 5.30. The van der Waals surface area contributed by atoms with Crippen LogP contribution in [0.2, 0.25) is 0 Å². The lowest BCUT2D eigenvalue weighted by atomic mass is 10.1. The predicted octanol–water partition coefficient (Wildman–Crippen LogP) is 1.90. The van der Waals surface area contributed by atoms with Crippen LogP contribution in [0.1, 0.15) is 32.3 Å². The molecule has 1 amide bonds. The summed E-state index contributed by atoms with van der Waals surface area (Å²) >= 11 is 0. The van der Waals surface area contributed by atoms with Gasteiger partial charge in [-0.2, -0.15) is 0 Å². The van der Waals surface area contributed by atoms with Crippen LogP contribution >= 0.6 is 0 Å². The van der Waals surface area contributed by atoms with E-state index in [0.29, 0.717) is 18.7 Å². The average molecular weight is 265 g/mol. The number of nitrogens with one attached hydrogen (secondary N) is 1. The van der Waals surface area contributed by atoms with Crippen LogP contribution in [-0.4, -0.2) is 30.3 Å². The number of carbonyl (C=O) groups is 1. The quantitative estimate of drug-likeness (QED) is 0.706. The molecule has 0 heterocycles. The van der Waals surface area contributed by atoms with E-state index in [-0.39, 0.29) is 12.5 Å². The molecule has 1 unspecified atom stereocenters. The Kier molecular flexibility index (Phi) is 6.97. The molecule has 1 aromatic rings. The minimum atomic E-state index is -0.531. The number of unbranched alkanes of at least 4 members (excludes halogenated alkanes) is 1. The largest absolute Gasteiger partial charge is 0.481 e. The highest BCUT2D eigenvalue weighted by Gasteiger charge is 2.15. The third-order valence-corrected chi connectivity index (χ3v) is 2.86. The van der Waals surface area contributed by atoms with Gasteiger partial charge in [0, 0.05) is 13.2 Å². The van der Waals surface area contributed by atoms with E-state index in [0.717, 1.165) is 18.4 Å². The van der Waals surface area contributed by atoms with Crippen molar-refractivity contribution in [1.82, 2.24) is 5.32 Å². The van der Waals surface area contributed by atoms with Gasteiger partial charge in [-0.3, -0.25) is 4.79 Å². The van der Waals surface area contributed by atoms with Gasteiger partial charge in [0.2, 0.25) is 0 Å². The number of benzene rings is 1. The Morgan fingerprint density at radius 1 is 1.42 bits per heavy atom. The molecule has 1 atom stereocenters. The van der Waals surface area contributed by atoms with Gasteiger partial charge in [0.25, 0.3) is 5.91 Å². The third-order valence-electron chi connectivity index (χ3n) is 2.86. The molecule has 0 aromatic heterocycles. The van der Waals surface area contributed by atoms with Crippen LogP contribution in [0.15, 0.2) is 24.3 Å². The highest BCUT2D eigenvalue weighted by molar-refractivity contribution is 5.80. The zero-order chi connectivity index (χ0) is 14.1. The molecule has 106 valence electrons. The van der Waals surface area contributed by atoms with Crippen molar-refractivity contribution >= 4 is 5.91 Å². The highest BCUT2D eigenvalue weighted by Crippen LogP contribution is 2.19. The Morgan fingerprint density at radius 3 is 2.84 bits per heavy atom. The fourth-order valence-corrected chi connectivity index (χ4v) is 1.72. The number of aliphatic hydroxyl groups excluding tert-OH is 1. The fourth-order valence-electron chi connectivity index (χ4n) is 1.72. The number of hydrogen-bond donors (Lipinski definition) is 2. The van der Waals surface area contributed by atoms with Crippen LogP contribution in [0.25, 0.3) is 0 Å². The molecule has 0 aliphatic carbocycles. The molecule has 0 aliphatic heterocycles. The van der Waals surface area contributed by atoms with Crippen LogP contribution in [0.3, 0.4) is 0 Å². The molecular formula is C15H23NO3. The molecule has 1 aromatic carbocycles. The van der Waals surface area contributed by atoms with E-state index in [1.54, 1.807) is 6.92 Å². The number of para-hydroxylation sites is 1. The van der Waals surface area contributed by atoms with E-state index in [1.807, 2.05) is 24.3 Å². The number of ether oxygens (including phenoxy) is 1. The van der Waals surface area contributed by atoms with E-state index >= 15 is 0 Å². The molecule has 19 heavy (non-hydrogen) atoms. The second-order valence-electron chi connectivity index (χ2n) is 4.49. The lowest BCUT2D eigenvalue weighted by Crippen LogP contribution is -2.36. The van der Waals surface area contributed by atoms with E-state index < -0.39 is 6.10 Å². The second-order valence-corrected chi connectivity index (χ2v) is 4.49. The van der Waals surface area contributed by atoms with E-state index in [2.05, 4.69) is 12.2 Å². The minimum absolute atomic E-state index is 0.0669. The van der Waals surface area contributed by atoms with Crippen molar-refractivity contribution in [3.05, 3.63) is 29.8 Å². The Bertz CT molecular complexity index is 393. The first kappa shape index (κ1) is 15.5. The van der Waals surface area contributed by atoms with Gasteiger partial charge in [-0.05, 0) is 31.4 Å². The Hall–Kier alpha value is -1.55. The maximum absolute atomic E-state index is 11.8. The molecule has 4 heteroatoms. The normalized spacial score (nSPS) is 11.9. The Morgan fingerprint density at radius 2 is 2.16 bits per heavy atom. The van der Waals surface area contributed by atoms with Gasteiger partial charge in [-0.25, -0.2) is 0 Å². The first-order valence-corrected chi connectivity index (χ1v) is 6.82. The lowest BCUT2D eigenvalue weighted by molar-refractivity contribution is -0.127. The van der Waals surface area contributed by atoms with Crippen molar-refractivity contribution in [3.8, 4) is 5.75 Å². The van der Waals surface area contributed by atoms with Crippen LogP contribution < -0.4 is 10.1 Å². The number of carbonyl (C=O) groups excluding carboxylic acids is 1. The summed E-state index contributed by atoms with van der Waals surface area (Å²) in [4.78, 5) is 11.8. The van der Waals surface area contributed by atoms with Crippen LogP contribution in [-0.2, 0) is 11.2 Å². The predicted molar refractivity (Wildman–Crippen MR) is 75.2 cm³/mol. The van der Waals surface area contributed by atoms with Gasteiger partial charge in [0.1, 0.15) is 5.75 Å². The fraction of sp³-hybridized carbons (Fsp3) is 0.533. The van der Waals surface area contributed by atoms with Crippen molar-refractivity contribution in [1.29, 1.82) is 0 Å². The number of aliphatic hydroxyl groups is 1. The molecule has 2 N–H and O–H groups in total. The number of rotatable bonds is 8. The van der Waals surface area contributed by atoms with Gasteiger partial charge in [-0.15, -0.1) is 0 Å². The van der Waals surface area contributed by atoms with Gasteiger partial charge in [-0.1, -0.05) is 31.5 Å². The summed E-state index contributed by atoms with van der Waals surface area (Å²) in [6, 6.07) is 7.47. The monoisotopic (exact) mass is 265 g/mol. The van der Waals surface area contributed by atoms with Crippen molar-refractivity contribution in [2.24, 2.45) is 0 Å². The molecule has 0 bridgehead atoms. The summed E-state index contributed by atoms with van der Waals surface area (Å²) in [7, 11) is 0. The lowest BCUT2D eigenvalue weighted by Gasteiger charge is -2.17. The number of amides is 1. The number of hydrogen-bond acceptors (Lipinski definition) is 3. The minimum Gasteiger partial charge on any atom is -0.481 e. The summed E-state index contributed by atoms with van der Waals surface area (Å²) in [5.74, 6) is 0.557. The van der Waals surface area contributed by atoms with Crippen molar-refractivity contribution in [3.63, 3.8) is 0 Å². The molecular weight excluding hydrogens is 242 g/mol. The molecule has 0 aliphatic rings. The van der Waals surface area contributed by atoms with Gasteiger partial charge >= 0.3 is 0 Å². The maximum atomic E-state index is 11.8. The summed E-state index contributed by atoms with van der Waals surface area (Å²) in [6.07, 6.45) is 2.02. The first-order chi connectivity index (χ1) is 9.19. The molecule has 0 saturated heterocycles. The first-order valence-electron chi connectivity index (χ1n) is 6.82. The molecule has 0 saturated carbocycles. The maximum Gasteiger partial charge on any atom is 0.260 e. The Labute approximate surface area is 114 Å². The smallest absolute Gasteiger partial charge is 0.260 e. The van der Waals surface area contributed by atoms with Crippen LogP contribution in [0.4, 0.5) is 0 Å². The highest BCUT2D eigenvalue weighted by atomic mass is 16.5. The van der Waals surface area contributed by atoms with E-state index in [9.17, 15) is 4.79 Å². The topological polar surface area (TPSA) is 58.6 Å². The summed E-state index contributed by atoms with van der Waals surface area (Å²) in [5.41, 5.74) is 0.915. The van der Waals surface area contributed by atoms with Crippen molar-refractivity contribution in [2.45, 2.75) is 39.2 Å². The summed E-state index contributed by atoms with van der Waals surface area (Å²) < 4.78 is 5.67. The molecule has 0 spiro atoms. The summed E-state index contributed by atoms with van der Waals surface area (Å²) in [6.45, 7) is 4.56. The van der Waals surface area contributed by atoms with Crippen molar-refractivity contribution < 1.29 is 14.6 Å². The average Bonchev–Trinajstić information content (AvgIpc) is 2.41. The molecule has 1 rings (SSSR count). The molecule has 0 fully saturated rings. The summed E-state index contributed by atoms with van der Waals surface area (Å²) in [5, 5.41) is 11.8. The zero-order valence-corrected chi connectivity index (χ0v) is 11.7. The zero-order valence-electron chi connectivity index (χ0n) is 11.7. The van der Waals surface area contributed by atoms with E-state index in [4.69, 9.17) is 9.84 Å². The molecule has 4 nitrogen and oxygen atoms in total. The second kappa shape index (κ2) is 8.53. The Balaban J connectivity index is 2.55. The van der Waals surface area contributed by atoms with Crippen LogP contribution in [0, 0.1) is 0 Å². The van der Waals surface area contributed by atoms with Gasteiger partial charge < -0.3 is 15.2 Å². The van der Waals surface area contributed by atoms with Gasteiger partial charge in [0.05, 0.1) is 0 Å². The standard InChI is InChI=1S/C15H23NO3/c1-3-4-10-16-15(18)12(2)19-14-8-6-5-7-13(14)9-11-17/h5-8,12,17H,3-4,9-11H2,1-2H3,(H,16,18).